The first-order valence-electron chi connectivity index (χ1n) is 6.82. The molecule has 0 saturated heterocycles. The summed E-state index contributed by atoms with van der Waals surface area (Å²) in [6.45, 7) is 4.06. The lowest BCUT2D eigenvalue weighted by molar-refractivity contribution is 0.0699. The minimum Gasteiger partial charge on any atom is -0.478 e. The van der Waals surface area contributed by atoms with Crippen molar-refractivity contribution in [2.45, 2.75) is 20.3 Å². The SMILES string of the molecule is CCc1ccc(-c2cc(C(=O)O)c3cc(C)ccc3n2)s1. The van der Waals surface area contributed by atoms with Gasteiger partial charge in [-0.1, -0.05) is 18.6 Å². The van der Waals surface area contributed by atoms with Crippen molar-refractivity contribution < 1.29 is 9.90 Å². The Kier molecular flexibility index (Phi) is 3.47. The molecule has 106 valence electrons. The summed E-state index contributed by atoms with van der Waals surface area (Å²) < 4.78 is 0. The van der Waals surface area contributed by atoms with Gasteiger partial charge < -0.3 is 5.11 Å². The molecule has 0 aliphatic carbocycles. The molecule has 4 heteroatoms. The van der Waals surface area contributed by atoms with Gasteiger partial charge in [-0.25, -0.2) is 9.78 Å². The molecule has 0 aliphatic heterocycles. The Morgan fingerprint density at radius 3 is 2.71 bits per heavy atom. The van der Waals surface area contributed by atoms with Crippen molar-refractivity contribution in [3.63, 3.8) is 0 Å². The summed E-state index contributed by atoms with van der Waals surface area (Å²) in [6.07, 6.45) is 0.975. The molecule has 0 amide bonds. The van der Waals surface area contributed by atoms with E-state index in [4.69, 9.17) is 0 Å². The minimum atomic E-state index is -0.915. The van der Waals surface area contributed by atoms with E-state index >= 15 is 0 Å². The molecule has 3 nitrogen and oxygen atoms in total. The van der Waals surface area contributed by atoms with Crippen LogP contribution in [-0.4, -0.2) is 16.1 Å². The van der Waals surface area contributed by atoms with Crippen LogP contribution in [0.1, 0.15) is 27.7 Å². The van der Waals surface area contributed by atoms with Gasteiger partial charge >= 0.3 is 5.97 Å². The number of carbonyl (C=O) groups is 1. The summed E-state index contributed by atoms with van der Waals surface area (Å²) in [7, 11) is 0. The fraction of sp³-hybridized carbons (Fsp3) is 0.176. The summed E-state index contributed by atoms with van der Waals surface area (Å²) in [5.41, 5.74) is 2.80. The van der Waals surface area contributed by atoms with Gasteiger partial charge in [-0.05, 0) is 43.7 Å². The van der Waals surface area contributed by atoms with Crippen molar-refractivity contribution in [1.82, 2.24) is 4.98 Å². The molecule has 2 heterocycles. The molecule has 0 fully saturated rings. The Bertz CT molecular complexity index is 836. The summed E-state index contributed by atoms with van der Waals surface area (Å²) in [6, 6.07) is 11.5. The second-order valence-electron chi connectivity index (χ2n) is 5.00. The lowest BCUT2D eigenvalue weighted by Gasteiger charge is -2.06. The van der Waals surface area contributed by atoms with Crippen LogP contribution in [0.2, 0.25) is 0 Å². The number of aromatic carboxylic acids is 1. The van der Waals surface area contributed by atoms with Crippen LogP contribution in [0.15, 0.2) is 36.4 Å². The maximum absolute atomic E-state index is 11.5. The van der Waals surface area contributed by atoms with E-state index in [1.165, 1.54) is 4.88 Å². The summed E-state index contributed by atoms with van der Waals surface area (Å²) in [5, 5.41) is 10.2. The number of hydrogen-bond acceptors (Lipinski definition) is 3. The van der Waals surface area contributed by atoms with Gasteiger partial charge in [0.05, 0.1) is 21.7 Å². The lowest BCUT2D eigenvalue weighted by atomic mass is 10.0. The van der Waals surface area contributed by atoms with Crippen molar-refractivity contribution in [3.05, 3.63) is 52.4 Å². The van der Waals surface area contributed by atoms with Crippen LogP contribution >= 0.6 is 11.3 Å². The predicted octanol–water partition coefficient (Wildman–Crippen LogP) is 4.53. The maximum Gasteiger partial charge on any atom is 0.336 e. The van der Waals surface area contributed by atoms with Gasteiger partial charge in [0.25, 0.3) is 0 Å². The van der Waals surface area contributed by atoms with E-state index in [1.54, 1.807) is 17.4 Å². The standard InChI is InChI=1S/C17H15NO2S/c1-3-11-5-7-16(21-11)15-9-13(17(19)20)12-8-10(2)4-6-14(12)18-15/h4-9H,3H2,1-2H3,(H,19,20). The molecule has 0 bridgehead atoms. The van der Waals surface area contributed by atoms with Crippen molar-refractivity contribution in [1.29, 1.82) is 0 Å². The maximum atomic E-state index is 11.5. The highest BCUT2D eigenvalue weighted by atomic mass is 32.1. The summed E-state index contributed by atoms with van der Waals surface area (Å²) in [5.74, 6) is -0.915. The van der Waals surface area contributed by atoms with Crippen molar-refractivity contribution in [2.24, 2.45) is 0 Å². The molecule has 2 aromatic heterocycles. The van der Waals surface area contributed by atoms with Crippen molar-refractivity contribution in [3.8, 4) is 10.6 Å². The van der Waals surface area contributed by atoms with E-state index in [2.05, 4.69) is 18.0 Å². The zero-order valence-electron chi connectivity index (χ0n) is 11.9. The largest absolute Gasteiger partial charge is 0.478 e. The van der Waals surface area contributed by atoms with Crippen LogP contribution in [0.5, 0.6) is 0 Å². The molecule has 3 aromatic rings. The molecule has 0 radical (unpaired) electrons. The molecule has 0 spiro atoms. The van der Waals surface area contributed by atoms with E-state index < -0.39 is 5.97 Å². The topological polar surface area (TPSA) is 50.2 Å². The van der Waals surface area contributed by atoms with Gasteiger partial charge in [0.2, 0.25) is 0 Å². The first-order chi connectivity index (χ1) is 10.1. The van der Waals surface area contributed by atoms with Crippen LogP contribution in [0.4, 0.5) is 0 Å². The van der Waals surface area contributed by atoms with E-state index in [0.717, 1.165) is 28.1 Å². The zero-order chi connectivity index (χ0) is 15.0. The number of carboxylic acid groups (broad SMARTS) is 1. The fourth-order valence-electron chi connectivity index (χ4n) is 2.35. The van der Waals surface area contributed by atoms with Crippen LogP contribution in [0.3, 0.4) is 0 Å². The Labute approximate surface area is 126 Å². The number of hydrogen-bond donors (Lipinski definition) is 1. The molecule has 0 unspecified atom stereocenters. The highest BCUT2D eigenvalue weighted by Gasteiger charge is 2.14. The molecule has 3 rings (SSSR count). The van der Waals surface area contributed by atoms with Crippen LogP contribution in [0, 0.1) is 6.92 Å². The van der Waals surface area contributed by atoms with E-state index in [1.807, 2.05) is 31.2 Å². The number of carboxylic acids is 1. The van der Waals surface area contributed by atoms with Crippen molar-refractivity contribution >= 4 is 28.2 Å². The Morgan fingerprint density at radius 2 is 2.05 bits per heavy atom. The molecule has 21 heavy (non-hydrogen) atoms. The molecular formula is C17H15NO2S. The number of fused-ring (bicyclic) bond motifs is 1. The number of nitrogens with zero attached hydrogens (tertiary/aromatic N) is 1. The molecular weight excluding hydrogens is 282 g/mol. The fourth-order valence-corrected chi connectivity index (χ4v) is 3.26. The second kappa shape index (κ2) is 5.30. The average Bonchev–Trinajstić information content (AvgIpc) is 2.95. The third-order valence-electron chi connectivity index (χ3n) is 3.46. The second-order valence-corrected chi connectivity index (χ2v) is 6.17. The number of aryl methyl sites for hydroxylation is 2. The van der Waals surface area contributed by atoms with E-state index in [-0.39, 0.29) is 0 Å². The number of benzene rings is 1. The number of aromatic nitrogens is 1. The third-order valence-corrected chi connectivity index (χ3v) is 4.71. The quantitative estimate of drug-likeness (QED) is 0.772. The minimum absolute atomic E-state index is 0.310. The number of thiophene rings is 1. The number of pyridine rings is 1. The Balaban J connectivity index is 2.25. The van der Waals surface area contributed by atoms with Gasteiger partial charge in [0, 0.05) is 10.3 Å². The smallest absolute Gasteiger partial charge is 0.336 e. The van der Waals surface area contributed by atoms with Gasteiger partial charge in [0.1, 0.15) is 0 Å². The molecule has 1 N–H and O–H groups in total. The van der Waals surface area contributed by atoms with Crippen LogP contribution in [-0.2, 0) is 6.42 Å². The summed E-state index contributed by atoms with van der Waals surface area (Å²) >= 11 is 1.66. The van der Waals surface area contributed by atoms with Gasteiger partial charge in [-0.2, -0.15) is 0 Å². The Hall–Kier alpha value is -2.20. The Morgan fingerprint density at radius 1 is 1.24 bits per heavy atom. The van der Waals surface area contributed by atoms with E-state index in [0.29, 0.717) is 10.9 Å². The molecule has 0 aliphatic rings. The molecule has 0 saturated carbocycles. The zero-order valence-corrected chi connectivity index (χ0v) is 12.7. The van der Waals surface area contributed by atoms with Gasteiger partial charge in [-0.15, -0.1) is 11.3 Å². The normalized spacial score (nSPS) is 11.0. The highest BCUT2D eigenvalue weighted by molar-refractivity contribution is 7.15. The predicted molar refractivity (Wildman–Crippen MR) is 86.1 cm³/mol. The monoisotopic (exact) mass is 297 g/mol. The highest BCUT2D eigenvalue weighted by Crippen LogP contribution is 2.30. The first-order valence-corrected chi connectivity index (χ1v) is 7.64. The molecule has 0 atom stereocenters. The number of rotatable bonds is 3. The van der Waals surface area contributed by atoms with Crippen LogP contribution < -0.4 is 0 Å². The van der Waals surface area contributed by atoms with E-state index in [9.17, 15) is 9.90 Å². The molecule has 1 aromatic carbocycles. The van der Waals surface area contributed by atoms with Gasteiger partial charge in [-0.3, -0.25) is 0 Å². The first kappa shape index (κ1) is 13.8. The lowest BCUT2D eigenvalue weighted by Crippen LogP contribution is -2.00. The van der Waals surface area contributed by atoms with Gasteiger partial charge in [0.15, 0.2) is 0 Å². The average molecular weight is 297 g/mol. The summed E-state index contributed by atoms with van der Waals surface area (Å²) in [4.78, 5) is 18.5. The van der Waals surface area contributed by atoms with Crippen molar-refractivity contribution in [2.75, 3.05) is 0 Å². The van der Waals surface area contributed by atoms with Crippen LogP contribution in [0.25, 0.3) is 21.5 Å². The third kappa shape index (κ3) is 2.54.